The van der Waals surface area contributed by atoms with Crippen LogP contribution in [0.4, 0.5) is 5.69 Å². The molecule has 0 N–H and O–H groups in total. The average molecular weight is 579 g/mol. The number of benzene rings is 3. The molecule has 8 heteroatoms. The number of carbonyl (C=O) groups is 4. The number of nitrogens with zero attached hydrogens (tertiary/aromatic N) is 2. The number of aromatic nitrogens is 1. The van der Waals surface area contributed by atoms with E-state index in [2.05, 4.69) is 0 Å². The summed E-state index contributed by atoms with van der Waals surface area (Å²) in [6.45, 7) is 3.50. The summed E-state index contributed by atoms with van der Waals surface area (Å²) in [5.74, 6) is -2.06. The van der Waals surface area contributed by atoms with Crippen molar-refractivity contribution in [1.82, 2.24) is 4.98 Å². The first-order valence-electron chi connectivity index (χ1n) is 13.8. The molecule has 0 spiro atoms. The fourth-order valence-corrected chi connectivity index (χ4v) is 6.04. The molecular weight excluding hydrogens is 552 g/mol. The van der Waals surface area contributed by atoms with Crippen molar-refractivity contribution in [2.24, 2.45) is 17.8 Å². The molecule has 4 unspecified atom stereocenters. The molecule has 2 amide bonds. The molecule has 210 valence electrons. The zero-order valence-electron chi connectivity index (χ0n) is 23.0. The predicted molar refractivity (Wildman–Crippen MR) is 160 cm³/mol. The van der Waals surface area contributed by atoms with Crippen LogP contribution in [0.15, 0.2) is 91.0 Å². The van der Waals surface area contributed by atoms with Crippen LogP contribution in [-0.4, -0.2) is 34.7 Å². The van der Waals surface area contributed by atoms with Gasteiger partial charge in [0.25, 0.3) is 0 Å². The number of halogens is 1. The van der Waals surface area contributed by atoms with Crippen molar-refractivity contribution in [3.05, 3.63) is 107 Å². The Morgan fingerprint density at radius 2 is 1.71 bits per heavy atom. The highest BCUT2D eigenvalue weighted by molar-refractivity contribution is 6.35. The Balaban J connectivity index is 1.31. The number of rotatable bonds is 6. The zero-order valence-corrected chi connectivity index (χ0v) is 23.7. The summed E-state index contributed by atoms with van der Waals surface area (Å²) in [7, 11) is 0. The number of hydrogen-bond acceptors (Lipinski definition) is 6. The van der Waals surface area contributed by atoms with Gasteiger partial charge in [-0.1, -0.05) is 85.3 Å². The molecule has 0 radical (unpaired) electrons. The van der Waals surface area contributed by atoms with Crippen LogP contribution in [0.1, 0.15) is 41.0 Å². The van der Waals surface area contributed by atoms with E-state index in [9.17, 15) is 19.2 Å². The third kappa shape index (κ3) is 4.80. The second kappa shape index (κ2) is 11.0. The van der Waals surface area contributed by atoms with E-state index in [-0.39, 0.29) is 40.9 Å². The first-order chi connectivity index (χ1) is 20.2. The summed E-state index contributed by atoms with van der Waals surface area (Å²) in [6, 6.07) is 22.3. The summed E-state index contributed by atoms with van der Waals surface area (Å²) in [5, 5.41) is 0.845. The summed E-state index contributed by atoms with van der Waals surface area (Å²) < 4.78 is 5.61. The van der Waals surface area contributed by atoms with Gasteiger partial charge in [0.1, 0.15) is 0 Å². The van der Waals surface area contributed by atoms with Crippen LogP contribution in [0.5, 0.6) is 0 Å². The maximum atomic E-state index is 13.4. The molecular formula is C34H27ClN2O5. The van der Waals surface area contributed by atoms with Gasteiger partial charge in [0.15, 0.2) is 6.10 Å². The molecule has 1 aliphatic heterocycles. The van der Waals surface area contributed by atoms with Gasteiger partial charge >= 0.3 is 5.97 Å². The fraction of sp³-hybridized carbons (Fsp3) is 0.206. The molecule has 42 heavy (non-hydrogen) atoms. The molecule has 6 rings (SSSR count). The summed E-state index contributed by atoms with van der Waals surface area (Å²) in [4.78, 5) is 58.6. The Hall–Kier alpha value is -4.62. The average Bonchev–Trinajstić information content (AvgIpc) is 3.27. The SMILES string of the molecule is CC(OC(=O)c1cc(-c2ccc(N3C(=O)C4CC=CC(C)C4C3=O)cc2)nc2c(Cl)cccc12)C(=O)c1ccccc1. The Bertz CT molecular complexity index is 1770. The molecule has 0 bridgehead atoms. The van der Waals surface area contributed by atoms with Gasteiger partial charge in [0, 0.05) is 16.5 Å². The van der Waals surface area contributed by atoms with Gasteiger partial charge in [-0.2, -0.15) is 0 Å². The van der Waals surface area contributed by atoms with Crippen LogP contribution < -0.4 is 4.90 Å². The number of para-hydroxylation sites is 1. The topological polar surface area (TPSA) is 93.6 Å². The highest BCUT2D eigenvalue weighted by atomic mass is 35.5. The van der Waals surface area contributed by atoms with Crippen LogP contribution in [0.2, 0.25) is 5.02 Å². The van der Waals surface area contributed by atoms with Crippen molar-refractivity contribution in [2.45, 2.75) is 26.4 Å². The van der Waals surface area contributed by atoms with Crippen molar-refractivity contribution in [3.8, 4) is 11.3 Å². The molecule has 2 aliphatic rings. The molecule has 4 atom stereocenters. The van der Waals surface area contributed by atoms with Gasteiger partial charge in [-0.3, -0.25) is 19.3 Å². The predicted octanol–water partition coefficient (Wildman–Crippen LogP) is 6.69. The third-order valence-electron chi connectivity index (χ3n) is 8.02. The van der Waals surface area contributed by atoms with Gasteiger partial charge in [-0.15, -0.1) is 0 Å². The molecule has 3 aromatic carbocycles. The number of Topliss-reactive ketones (excluding diaryl/α,β-unsaturated/α-hetero) is 1. The summed E-state index contributed by atoms with van der Waals surface area (Å²) in [5.41, 5.74) is 2.65. The van der Waals surface area contributed by atoms with Gasteiger partial charge in [-0.25, -0.2) is 9.78 Å². The van der Waals surface area contributed by atoms with E-state index in [1.807, 2.05) is 19.1 Å². The minimum Gasteiger partial charge on any atom is -0.451 e. The molecule has 4 aromatic rings. The Kier molecular flexibility index (Phi) is 7.21. The van der Waals surface area contributed by atoms with Crippen molar-refractivity contribution in [2.75, 3.05) is 4.90 Å². The van der Waals surface area contributed by atoms with E-state index in [1.54, 1.807) is 78.9 Å². The molecule has 7 nitrogen and oxygen atoms in total. The van der Waals surface area contributed by atoms with Crippen LogP contribution in [-0.2, 0) is 14.3 Å². The van der Waals surface area contributed by atoms with E-state index in [4.69, 9.17) is 21.3 Å². The van der Waals surface area contributed by atoms with E-state index in [1.165, 1.54) is 11.8 Å². The number of pyridine rings is 1. The van der Waals surface area contributed by atoms with Crippen LogP contribution in [0.3, 0.4) is 0 Å². The molecule has 1 fully saturated rings. The number of allylic oxidation sites excluding steroid dienone is 2. The molecule has 1 aliphatic carbocycles. The van der Waals surface area contributed by atoms with Crippen LogP contribution in [0, 0.1) is 17.8 Å². The van der Waals surface area contributed by atoms with Crippen molar-refractivity contribution >= 4 is 51.8 Å². The standard InChI is InChI=1S/C34H27ClN2O5/c1-19-8-6-12-25-29(19)33(40)37(32(25)39)23-16-14-21(15-17-23)28-18-26(24-11-7-13-27(35)30(24)36-28)34(41)42-20(2)31(38)22-9-4-3-5-10-22/h3-11,13-20,25,29H,12H2,1-2H3. The minimum absolute atomic E-state index is 0.0000894. The maximum Gasteiger partial charge on any atom is 0.339 e. The summed E-state index contributed by atoms with van der Waals surface area (Å²) >= 11 is 6.49. The van der Waals surface area contributed by atoms with Crippen molar-refractivity contribution in [3.63, 3.8) is 0 Å². The van der Waals surface area contributed by atoms with Gasteiger partial charge in [0.2, 0.25) is 17.6 Å². The third-order valence-corrected chi connectivity index (χ3v) is 8.32. The normalized spacial score (nSPS) is 20.5. The first kappa shape index (κ1) is 27.5. The van der Waals surface area contributed by atoms with Crippen molar-refractivity contribution in [1.29, 1.82) is 0 Å². The molecule has 1 saturated heterocycles. The highest BCUT2D eigenvalue weighted by Crippen LogP contribution is 2.41. The van der Waals surface area contributed by atoms with Crippen molar-refractivity contribution < 1.29 is 23.9 Å². The first-order valence-corrected chi connectivity index (χ1v) is 14.2. The Morgan fingerprint density at radius 3 is 2.43 bits per heavy atom. The number of ether oxygens (including phenoxy) is 1. The fourth-order valence-electron chi connectivity index (χ4n) is 5.83. The van der Waals surface area contributed by atoms with Gasteiger partial charge < -0.3 is 4.74 Å². The summed E-state index contributed by atoms with van der Waals surface area (Å²) in [6.07, 6.45) is 3.52. The smallest absolute Gasteiger partial charge is 0.339 e. The Labute approximate surface area is 247 Å². The lowest BCUT2D eigenvalue weighted by molar-refractivity contribution is -0.122. The number of amides is 2. The number of imide groups is 1. The highest BCUT2D eigenvalue weighted by Gasteiger charge is 2.50. The molecule has 2 heterocycles. The molecule has 0 saturated carbocycles. The number of hydrogen-bond donors (Lipinski definition) is 0. The number of carbonyl (C=O) groups excluding carboxylic acids is 4. The largest absolute Gasteiger partial charge is 0.451 e. The number of ketones is 1. The number of fused-ring (bicyclic) bond motifs is 2. The minimum atomic E-state index is -1.01. The second-order valence-corrected chi connectivity index (χ2v) is 11.1. The lowest BCUT2D eigenvalue weighted by atomic mass is 9.78. The van der Waals surface area contributed by atoms with Gasteiger partial charge in [0.05, 0.1) is 39.3 Å². The van der Waals surface area contributed by atoms with E-state index in [0.717, 1.165) is 0 Å². The quantitative estimate of drug-likeness (QED) is 0.110. The number of anilines is 1. The van der Waals surface area contributed by atoms with E-state index >= 15 is 0 Å². The van der Waals surface area contributed by atoms with E-state index in [0.29, 0.717) is 44.9 Å². The van der Waals surface area contributed by atoms with Crippen LogP contribution in [0.25, 0.3) is 22.2 Å². The lowest BCUT2D eigenvalue weighted by Gasteiger charge is -2.22. The zero-order chi connectivity index (χ0) is 29.5. The Morgan fingerprint density at radius 1 is 0.976 bits per heavy atom. The second-order valence-electron chi connectivity index (χ2n) is 10.7. The monoisotopic (exact) mass is 578 g/mol. The molecule has 1 aromatic heterocycles. The van der Waals surface area contributed by atoms with E-state index < -0.39 is 12.1 Å². The maximum absolute atomic E-state index is 13.4. The van der Waals surface area contributed by atoms with Gasteiger partial charge in [-0.05, 0) is 43.5 Å². The number of esters is 1. The lowest BCUT2D eigenvalue weighted by Crippen LogP contribution is -2.31. The van der Waals surface area contributed by atoms with Crippen LogP contribution >= 0.6 is 11.6 Å².